The fourth-order valence-corrected chi connectivity index (χ4v) is 2.01. The van der Waals surface area contributed by atoms with Gasteiger partial charge in [-0.25, -0.2) is 9.78 Å². The number of carbonyl (C=O) groups is 1. The fourth-order valence-electron chi connectivity index (χ4n) is 1.88. The molecule has 0 aromatic carbocycles. The molecule has 1 N–H and O–H groups in total. The number of carbonyl (C=O) groups excluding carboxylic acids is 1. The molecule has 1 aromatic rings. The molecule has 104 valence electrons. The van der Waals surface area contributed by atoms with Gasteiger partial charge in [-0.1, -0.05) is 0 Å². The van der Waals surface area contributed by atoms with E-state index in [0.29, 0.717) is 19.0 Å². The van der Waals surface area contributed by atoms with Gasteiger partial charge in [-0.3, -0.25) is 0 Å². The molecule has 7 heteroatoms. The Morgan fingerprint density at radius 3 is 3.21 bits per heavy atom. The third-order valence-electron chi connectivity index (χ3n) is 2.76. The number of hydrogen-bond acceptors (Lipinski definition) is 6. The first kappa shape index (κ1) is 14.0. The predicted molar refractivity (Wildman–Crippen MR) is 70.5 cm³/mol. The van der Waals surface area contributed by atoms with Crippen LogP contribution in [0.4, 0.5) is 5.82 Å². The number of nitrogens with one attached hydrogen (secondary N) is 1. The molecule has 0 saturated carbocycles. The van der Waals surface area contributed by atoms with Crippen molar-refractivity contribution in [2.24, 2.45) is 0 Å². The average Bonchev–Trinajstić information content (AvgIpc) is 2.40. The fraction of sp³-hybridized carbons (Fsp3) is 0.583. The Hall–Kier alpha value is -1.40. The lowest BCUT2D eigenvalue weighted by atomic mass is 10.1. The highest BCUT2D eigenvalue weighted by molar-refractivity contribution is 6.28. The van der Waals surface area contributed by atoms with Crippen molar-refractivity contribution >= 4 is 23.4 Å². The molecule has 1 atom stereocenters. The lowest BCUT2D eigenvalue weighted by Crippen LogP contribution is -2.31. The number of rotatable bonds is 4. The Morgan fingerprint density at radius 1 is 1.68 bits per heavy atom. The number of hydrogen-bond donors (Lipinski definition) is 1. The molecule has 0 amide bonds. The van der Waals surface area contributed by atoms with Gasteiger partial charge >= 0.3 is 5.97 Å². The summed E-state index contributed by atoms with van der Waals surface area (Å²) in [6, 6.07) is 0.118. The van der Waals surface area contributed by atoms with Crippen molar-refractivity contribution < 1.29 is 14.3 Å². The van der Waals surface area contributed by atoms with E-state index in [2.05, 4.69) is 15.3 Å². The second-order valence-electron chi connectivity index (χ2n) is 4.18. The quantitative estimate of drug-likeness (QED) is 0.673. The highest BCUT2D eigenvalue weighted by Crippen LogP contribution is 2.19. The first-order valence-electron chi connectivity index (χ1n) is 6.24. The Bertz CT molecular complexity index is 450. The molecule has 0 radical (unpaired) electrons. The molecule has 0 spiro atoms. The summed E-state index contributed by atoms with van der Waals surface area (Å²) in [6.45, 7) is 3.40. The zero-order chi connectivity index (χ0) is 13.7. The molecule has 1 aromatic heterocycles. The molecule has 1 aliphatic rings. The first-order valence-corrected chi connectivity index (χ1v) is 6.62. The predicted octanol–water partition coefficient (Wildman–Crippen LogP) is 1.90. The zero-order valence-corrected chi connectivity index (χ0v) is 11.4. The SMILES string of the molecule is CCOC(=O)c1cnc(Cl)nc1N[C@H]1CCCOC1. The van der Waals surface area contributed by atoms with Crippen molar-refractivity contribution in [3.8, 4) is 0 Å². The van der Waals surface area contributed by atoms with Crippen LogP contribution in [0.2, 0.25) is 5.28 Å². The van der Waals surface area contributed by atoms with Crippen LogP contribution < -0.4 is 5.32 Å². The van der Waals surface area contributed by atoms with Crippen LogP contribution >= 0.6 is 11.6 Å². The standard InChI is InChI=1S/C12H16ClN3O3/c1-2-19-11(17)9-6-14-12(13)16-10(9)15-8-4-3-5-18-7-8/h6,8H,2-5,7H2,1H3,(H,14,15,16)/t8-/m0/s1. The minimum Gasteiger partial charge on any atom is -0.462 e. The van der Waals surface area contributed by atoms with Crippen LogP contribution in [0.3, 0.4) is 0 Å². The molecular weight excluding hydrogens is 270 g/mol. The second kappa shape index (κ2) is 6.68. The molecule has 0 aliphatic carbocycles. The smallest absolute Gasteiger partial charge is 0.343 e. The Balaban J connectivity index is 2.16. The second-order valence-corrected chi connectivity index (χ2v) is 4.52. The van der Waals surface area contributed by atoms with Gasteiger partial charge in [0.1, 0.15) is 11.4 Å². The van der Waals surface area contributed by atoms with E-state index in [9.17, 15) is 4.79 Å². The average molecular weight is 286 g/mol. The summed E-state index contributed by atoms with van der Waals surface area (Å²) in [4.78, 5) is 19.7. The van der Waals surface area contributed by atoms with Gasteiger partial charge < -0.3 is 14.8 Å². The van der Waals surface area contributed by atoms with Crippen LogP contribution in [-0.2, 0) is 9.47 Å². The van der Waals surface area contributed by atoms with Crippen LogP contribution in [0.15, 0.2) is 6.20 Å². The number of halogens is 1. The van der Waals surface area contributed by atoms with Crippen LogP contribution in [0.25, 0.3) is 0 Å². The summed E-state index contributed by atoms with van der Waals surface area (Å²) >= 11 is 5.77. The van der Waals surface area contributed by atoms with E-state index in [4.69, 9.17) is 21.1 Å². The van der Waals surface area contributed by atoms with E-state index < -0.39 is 5.97 Å². The Morgan fingerprint density at radius 2 is 2.53 bits per heavy atom. The minimum atomic E-state index is -0.460. The molecular formula is C12H16ClN3O3. The van der Waals surface area contributed by atoms with Crippen LogP contribution in [0, 0.1) is 0 Å². The number of esters is 1. The molecule has 2 heterocycles. The van der Waals surface area contributed by atoms with Crippen molar-refractivity contribution in [3.63, 3.8) is 0 Å². The normalized spacial score (nSPS) is 18.9. The van der Waals surface area contributed by atoms with Crippen molar-refractivity contribution in [2.45, 2.75) is 25.8 Å². The van der Waals surface area contributed by atoms with Gasteiger partial charge in [-0.2, -0.15) is 4.98 Å². The summed E-state index contributed by atoms with van der Waals surface area (Å²) in [6.07, 6.45) is 3.31. The zero-order valence-electron chi connectivity index (χ0n) is 10.7. The number of aromatic nitrogens is 2. The number of anilines is 1. The van der Waals surface area contributed by atoms with E-state index in [1.54, 1.807) is 6.92 Å². The molecule has 6 nitrogen and oxygen atoms in total. The molecule has 1 fully saturated rings. The van der Waals surface area contributed by atoms with Crippen molar-refractivity contribution in [1.82, 2.24) is 9.97 Å². The Labute approximate surface area is 116 Å². The van der Waals surface area contributed by atoms with E-state index >= 15 is 0 Å². The van der Waals surface area contributed by atoms with E-state index in [-0.39, 0.29) is 16.9 Å². The topological polar surface area (TPSA) is 73.3 Å². The summed E-state index contributed by atoms with van der Waals surface area (Å²) < 4.78 is 10.3. The van der Waals surface area contributed by atoms with E-state index in [1.165, 1.54) is 6.20 Å². The van der Waals surface area contributed by atoms with E-state index in [0.717, 1.165) is 19.4 Å². The lowest BCUT2D eigenvalue weighted by Gasteiger charge is -2.24. The van der Waals surface area contributed by atoms with Crippen LogP contribution in [-0.4, -0.2) is 41.8 Å². The molecule has 19 heavy (non-hydrogen) atoms. The highest BCUT2D eigenvalue weighted by atomic mass is 35.5. The first-order chi connectivity index (χ1) is 9.20. The van der Waals surface area contributed by atoms with Gasteiger partial charge in [0.05, 0.1) is 19.3 Å². The summed E-state index contributed by atoms with van der Waals surface area (Å²) in [5.41, 5.74) is 0.289. The van der Waals surface area contributed by atoms with Gasteiger partial charge in [0, 0.05) is 12.8 Å². The highest BCUT2D eigenvalue weighted by Gasteiger charge is 2.20. The molecule has 0 bridgehead atoms. The van der Waals surface area contributed by atoms with Gasteiger partial charge in [-0.15, -0.1) is 0 Å². The third-order valence-corrected chi connectivity index (χ3v) is 2.94. The largest absolute Gasteiger partial charge is 0.462 e. The van der Waals surface area contributed by atoms with Gasteiger partial charge in [0.25, 0.3) is 0 Å². The van der Waals surface area contributed by atoms with Crippen LogP contribution in [0.1, 0.15) is 30.1 Å². The van der Waals surface area contributed by atoms with Crippen molar-refractivity contribution in [1.29, 1.82) is 0 Å². The molecule has 2 rings (SSSR count). The maximum Gasteiger partial charge on any atom is 0.343 e. The third kappa shape index (κ3) is 3.78. The van der Waals surface area contributed by atoms with Crippen molar-refractivity contribution in [2.75, 3.05) is 25.1 Å². The number of ether oxygens (including phenoxy) is 2. The van der Waals surface area contributed by atoms with Crippen LogP contribution in [0.5, 0.6) is 0 Å². The van der Waals surface area contributed by atoms with E-state index in [1.807, 2.05) is 0 Å². The maximum absolute atomic E-state index is 11.8. The lowest BCUT2D eigenvalue weighted by molar-refractivity contribution is 0.0526. The summed E-state index contributed by atoms with van der Waals surface area (Å²) in [5, 5.41) is 3.26. The molecule has 1 aliphatic heterocycles. The van der Waals surface area contributed by atoms with Gasteiger partial charge in [0.15, 0.2) is 0 Å². The summed E-state index contributed by atoms with van der Waals surface area (Å²) in [7, 11) is 0. The summed E-state index contributed by atoms with van der Waals surface area (Å²) in [5.74, 6) is -0.0626. The maximum atomic E-state index is 11.8. The number of nitrogens with zero attached hydrogens (tertiary/aromatic N) is 2. The molecule has 0 unspecified atom stereocenters. The Kier molecular flexibility index (Phi) is 4.93. The van der Waals surface area contributed by atoms with Gasteiger partial charge in [0.2, 0.25) is 5.28 Å². The minimum absolute atomic E-state index is 0.0901. The van der Waals surface area contributed by atoms with Gasteiger partial charge in [-0.05, 0) is 31.4 Å². The molecule has 1 saturated heterocycles. The van der Waals surface area contributed by atoms with Crippen molar-refractivity contribution in [3.05, 3.63) is 17.0 Å². The monoisotopic (exact) mass is 285 g/mol.